The number of hydrogen-bond donors (Lipinski definition) is 3. The predicted octanol–water partition coefficient (Wildman–Crippen LogP) is 1.15. The molecule has 0 spiro atoms. The third kappa shape index (κ3) is 5.85. The van der Waals surface area contributed by atoms with Gasteiger partial charge in [-0.1, -0.05) is 13.8 Å². The van der Waals surface area contributed by atoms with Crippen LogP contribution >= 0.6 is 11.8 Å². The first-order valence-electron chi connectivity index (χ1n) is 5.17. The van der Waals surface area contributed by atoms with Gasteiger partial charge in [-0.25, -0.2) is 9.59 Å². The first-order valence-corrected chi connectivity index (χ1v) is 6.56. The van der Waals surface area contributed by atoms with E-state index in [4.69, 9.17) is 5.11 Å². The maximum atomic E-state index is 11.5. The Morgan fingerprint density at radius 3 is 2.19 bits per heavy atom. The van der Waals surface area contributed by atoms with Crippen molar-refractivity contribution in [1.29, 1.82) is 0 Å². The number of carbonyl (C=O) groups is 2. The van der Waals surface area contributed by atoms with Gasteiger partial charge in [-0.2, -0.15) is 11.8 Å². The highest BCUT2D eigenvalue weighted by Crippen LogP contribution is 2.02. The van der Waals surface area contributed by atoms with E-state index in [-0.39, 0.29) is 12.0 Å². The number of thioether (sulfide) groups is 1. The Morgan fingerprint density at radius 1 is 1.25 bits per heavy atom. The number of aliphatic carboxylic acids is 1. The summed E-state index contributed by atoms with van der Waals surface area (Å²) in [4.78, 5) is 22.3. The zero-order valence-corrected chi connectivity index (χ0v) is 10.9. The first-order chi connectivity index (χ1) is 7.38. The Labute approximate surface area is 100 Å². The average molecular weight is 248 g/mol. The van der Waals surface area contributed by atoms with Gasteiger partial charge < -0.3 is 15.7 Å². The van der Waals surface area contributed by atoms with Gasteiger partial charge in [0.15, 0.2) is 0 Å². The van der Waals surface area contributed by atoms with Crippen LogP contribution in [0.5, 0.6) is 0 Å². The predicted molar refractivity (Wildman–Crippen MR) is 65.8 cm³/mol. The van der Waals surface area contributed by atoms with Crippen LogP contribution in [0, 0.1) is 5.92 Å². The monoisotopic (exact) mass is 248 g/mol. The van der Waals surface area contributed by atoms with E-state index in [2.05, 4.69) is 10.6 Å². The molecule has 0 aromatic carbocycles. The highest BCUT2D eigenvalue weighted by atomic mass is 32.2. The van der Waals surface area contributed by atoms with Gasteiger partial charge in [0.1, 0.15) is 6.04 Å². The summed E-state index contributed by atoms with van der Waals surface area (Å²) in [6.45, 7) is 5.38. The minimum atomic E-state index is -1.01. The van der Waals surface area contributed by atoms with Crippen LogP contribution in [0.15, 0.2) is 0 Å². The molecule has 2 unspecified atom stereocenters. The minimum absolute atomic E-state index is 0.0246. The number of carboxylic acid groups (broad SMARTS) is 1. The van der Waals surface area contributed by atoms with Crippen LogP contribution in [0.1, 0.15) is 20.8 Å². The van der Waals surface area contributed by atoms with E-state index in [1.54, 1.807) is 25.6 Å². The number of rotatable bonds is 6. The quantitative estimate of drug-likeness (QED) is 0.659. The molecule has 0 rings (SSSR count). The third-order valence-corrected chi connectivity index (χ3v) is 2.85. The van der Waals surface area contributed by atoms with Crippen molar-refractivity contribution in [3.63, 3.8) is 0 Å². The van der Waals surface area contributed by atoms with Gasteiger partial charge in [-0.3, -0.25) is 0 Å². The second kappa shape index (κ2) is 7.38. The molecule has 3 N–H and O–H groups in total. The Bertz CT molecular complexity index is 246. The fourth-order valence-electron chi connectivity index (χ4n) is 1.21. The van der Waals surface area contributed by atoms with E-state index in [1.807, 2.05) is 13.2 Å². The maximum Gasteiger partial charge on any atom is 0.326 e. The molecule has 2 atom stereocenters. The molecule has 2 amide bonds. The van der Waals surface area contributed by atoms with Crippen molar-refractivity contribution in [1.82, 2.24) is 10.6 Å². The third-order valence-electron chi connectivity index (χ3n) is 2.01. The molecular weight excluding hydrogens is 228 g/mol. The number of urea groups is 1. The maximum absolute atomic E-state index is 11.5. The number of amides is 2. The Hall–Kier alpha value is -0.910. The van der Waals surface area contributed by atoms with Gasteiger partial charge in [-0.05, 0) is 19.1 Å². The van der Waals surface area contributed by atoms with Crippen LogP contribution in [0.4, 0.5) is 4.79 Å². The molecule has 0 radical (unpaired) electrons. The molecule has 0 saturated carbocycles. The van der Waals surface area contributed by atoms with Crippen molar-refractivity contribution >= 4 is 23.8 Å². The van der Waals surface area contributed by atoms with Gasteiger partial charge in [0.25, 0.3) is 0 Å². The summed E-state index contributed by atoms with van der Waals surface area (Å²) in [5, 5.41) is 14.0. The number of carbonyl (C=O) groups excluding carboxylic acids is 1. The summed E-state index contributed by atoms with van der Waals surface area (Å²) < 4.78 is 0. The van der Waals surface area contributed by atoms with E-state index in [0.29, 0.717) is 0 Å². The van der Waals surface area contributed by atoms with Crippen molar-refractivity contribution in [3.8, 4) is 0 Å². The molecule has 0 saturated heterocycles. The largest absolute Gasteiger partial charge is 0.480 e. The smallest absolute Gasteiger partial charge is 0.326 e. The lowest BCUT2D eigenvalue weighted by molar-refractivity contribution is -0.140. The van der Waals surface area contributed by atoms with Gasteiger partial charge in [-0.15, -0.1) is 0 Å². The summed E-state index contributed by atoms with van der Waals surface area (Å²) in [5.74, 6) is -0.353. The molecule has 0 aliphatic heterocycles. The fraction of sp³-hybridized carbons (Fsp3) is 0.800. The summed E-state index contributed by atoms with van der Waals surface area (Å²) >= 11 is 1.62. The van der Waals surface area contributed by atoms with Crippen LogP contribution in [0.25, 0.3) is 0 Å². The van der Waals surface area contributed by atoms with E-state index >= 15 is 0 Å². The fourth-order valence-corrected chi connectivity index (χ4v) is 1.80. The Morgan fingerprint density at radius 2 is 1.81 bits per heavy atom. The number of hydrogen-bond acceptors (Lipinski definition) is 3. The second-order valence-electron chi connectivity index (χ2n) is 4.03. The highest BCUT2D eigenvalue weighted by molar-refractivity contribution is 7.98. The van der Waals surface area contributed by atoms with Gasteiger partial charge in [0.05, 0.1) is 0 Å². The number of carboxylic acids is 1. The summed E-state index contributed by atoms with van der Waals surface area (Å²) in [6.07, 6.45) is 1.95. The SMILES string of the molecule is CSCC(C)NC(=O)NC(C(=O)O)C(C)C. The molecule has 16 heavy (non-hydrogen) atoms. The highest BCUT2D eigenvalue weighted by Gasteiger charge is 2.23. The lowest BCUT2D eigenvalue weighted by Crippen LogP contribution is -2.50. The lowest BCUT2D eigenvalue weighted by Gasteiger charge is -2.20. The number of nitrogens with one attached hydrogen (secondary N) is 2. The van der Waals surface area contributed by atoms with Gasteiger partial charge >= 0.3 is 12.0 Å². The van der Waals surface area contributed by atoms with Crippen molar-refractivity contribution in [2.24, 2.45) is 5.92 Å². The van der Waals surface area contributed by atoms with E-state index < -0.39 is 18.0 Å². The van der Waals surface area contributed by atoms with Crippen molar-refractivity contribution in [2.45, 2.75) is 32.9 Å². The Kier molecular flexibility index (Phi) is 6.96. The van der Waals surface area contributed by atoms with E-state index in [9.17, 15) is 9.59 Å². The normalized spacial score (nSPS) is 14.3. The molecule has 94 valence electrons. The molecule has 0 heterocycles. The second-order valence-corrected chi connectivity index (χ2v) is 4.94. The van der Waals surface area contributed by atoms with Gasteiger partial charge in [0, 0.05) is 11.8 Å². The summed E-state index contributed by atoms with van der Waals surface area (Å²) in [7, 11) is 0. The summed E-state index contributed by atoms with van der Waals surface area (Å²) in [6, 6.07) is -1.25. The topological polar surface area (TPSA) is 78.4 Å². The lowest BCUT2D eigenvalue weighted by atomic mass is 10.1. The molecule has 0 aliphatic carbocycles. The standard InChI is InChI=1S/C10H20N2O3S/c1-6(2)8(9(13)14)12-10(15)11-7(3)5-16-4/h6-8H,5H2,1-4H3,(H,13,14)(H2,11,12,15). The Balaban J connectivity index is 4.15. The van der Waals surface area contributed by atoms with Crippen LogP contribution in [-0.2, 0) is 4.79 Å². The van der Waals surface area contributed by atoms with E-state index in [1.165, 1.54) is 0 Å². The van der Waals surface area contributed by atoms with Crippen LogP contribution < -0.4 is 10.6 Å². The summed E-state index contributed by atoms with van der Waals surface area (Å²) in [5.41, 5.74) is 0. The molecule has 6 heteroatoms. The van der Waals surface area contributed by atoms with Crippen molar-refractivity contribution in [3.05, 3.63) is 0 Å². The first kappa shape index (κ1) is 15.1. The average Bonchev–Trinajstić information content (AvgIpc) is 2.13. The van der Waals surface area contributed by atoms with Crippen molar-refractivity contribution < 1.29 is 14.7 Å². The van der Waals surface area contributed by atoms with Gasteiger partial charge in [0.2, 0.25) is 0 Å². The molecule has 0 aromatic rings. The molecule has 5 nitrogen and oxygen atoms in total. The van der Waals surface area contributed by atoms with Crippen LogP contribution in [0.2, 0.25) is 0 Å². The van der Waals surface area contributed by atoms with Crippen LogP contribution in [-0.4, -0.2) is 41.2 Å². The molecule has 0 fully saturated rings. The molecule has 0 aliphatic rings. The molecule has 0 bridgehead atoms. The molecule has 0 aromatic heterocycles. The zero-order valence-electron chi connectivity index (χ0n) is 10.1. The van der Waals surface area contributed by atoms with E-state index in [0.717, 1.165) is 5.75 Å². The van der Waals surface area contributed by atoms with Crippen LogP contribution in [0.3, 0.4) is 0 Å². The molecular formula is C10H20N2O3S. The minimum Gasteiger partial charge on any atom is -0.480 e. The zero-order chi connectivity index (χ0) is 12.7. The van der Waals surface area contributed by atoms with Crippen molar-refractivity contribution in [2.75, 3.05) is 12.0 Å².